The minimum Gasteiger partial charge on any atom is -0.481 e. The summed E-state index contributed by atoms with van der Waals surface area (Å²) in [5.41, 5.74) is 2.94. The molecule has 102 valence electrons. The summed E-state index contributed by atoms with van der Waals surface area (Å²) in [6.45, 7) is 1.84. The van der Waals surface area contributed by atoms with Crippen molar-refractivity contribution in [3.63, 3.8) is 0 Å². The molecule has 0 spiro atoms. The van der Waals surface area contributed by atoms with Gasteiger partial charge in [-0.05, 0) is 42.9 Å². The third-order valence-corrected chi connectivity index (χ3v) is 4.73. The topological polar surface area (TPSA) is 49.3 Å². The smallest absolute Gasteiger partial charge is 0.306 e. The van der Waals surface area contributed by atoms with Gasteiger partial charge in [0.2, 0.25) is 0 Å². The van der Waals surface area contributed by atoms with Gasteiger partial charge < -0.3 is 10.4 Å². The minimum absolute atomic E-state index is 0.124. The molecule has 1 aromatic carbocycles. The quantitative estimate of drug-likeness (QED) is 0.853. The first-order valence-electron chi connectivity index (χ1n) is 7.27. The van der Waals surface area contributed by atoms with E-state index in [0.29, 0.717) is 11.8 Å². The maximum Gasteiger partial charge on any atom is 0.306 e. The van der Waals surface area contributed by atoms with Crippen molar-refractivity contribution in [3.05, 3.63) is 35.4 Å². The van der Waals surface area contributed by atoms with Gasteiger partial charge in [-0.1, -0.05) is 30.7 Å². The number of carboxylic acid groups (broad SMARTS) is 1. The van der Waals surface area contributed by atoms with Crippen LogP contribution in [0.25, 0.3) is 0 Å². The molecule has 2 N–H and O–H groups in total. The normalized spacial score (nSPS) is 28.7. The van der Waals surface area contributed by atoms with Crippen molar-refractivity contribution in [1.29, 1.82) is 0 Å². The molecule has 0 radical (unpaired) electrons. The van der Waals surface area contributed by atoms with Gasteiger partial charge in [0.1, 0.15) is 0 Å². The van der Waals surface area contributed by atoms with Gasteiger partial charge in [-0.15, -0.1) is 0 Å². The highest BCUT2D eigenvalue weighted by Gasteiger charge is 2.33. The summed E-state index contributed by atoms with van der Waals surface area (Å²) in [4.78, 5) is 11.1. The van der Waals surface area contributed by atoms with E-state index in [1.54, 1.807) is 0 Å². The van der Waals surface area contributed by atoms with E-state index in [1.807, 2.05) is 0 Å². The van der Waals surface area contributed by atoms with Gasteiger partial charge in [0.05, 0.1) is 5.92 Å². The molecule has 3 atom stereocenters. The van der Waals surface area contributed by atoms with Crippen LogP contribution in [0.2, 0.25) is 0 Å². The summed E-state index contributed by atoms with van der Waals surface area (Å²) < 4.78 is 0. The molecular weight excluding hydrogens is 238 g/mol. The van der Waals surface area contributed by atoms with E-state index in [0.717, 1.165) is 38.8 Å². The first kappa shape index (κ1) is 12.7. The van der Waals surface area contributed by atoms with Crippen molar-refractivity contribution in [2.24, 2.45) is 11.8 Å². The second kappa shape index (κ2) is 5.33. The van der Waals surface area contributed by atoms with Gasteiger partial charge in [0.25, 0.3) is 0 Å². The number of nitrogens with one attached hydrogen (secondary N) is 1. The van der Waals surface area contributed by atoms with Crippen LogP contribution < -0.4 is 5.32 Å². The molecule has 3 heteroatoms. The van der Waals surface area contributed by atoms with Gasteiger partial charge in [0, 0.05) is 12.5 Å². The second-order valence-electron chi connectivity index (χ2n) is 5.89. The minimum atomic E-state index is -0.613. The monoisotopic (exact) mass is 259 g/mol. The van der Waals surface area contributed by atoms with Crippen LogP contribution >= 0.6 is 0 Å². The van der Waals surface area contributed by atoms with E-state index in [2.05, 4.69) is 29.6 Å². The van der Waals surface area contributed by atoms with Crippen LogP contribution in [0.1, 0.15) is 36.3 Å². The van der Waals surface area contributed by atoms with Crippen molar-refractivity contribution >= 4 is 5.97 Å². The molecule has 2 aliphatic rings. The summed E-state index contributed by atoms with van der Waals surface area (Å²) in [5.74, 6) is 0.216. The Labute approximate surface area is 114 Å². The van der Waals surface area contributed by atoms with Crippen LogP contribution in [0, 0.1) is 11.8 Å². The van der Waals surface area contributed by atoms with Crippen LogP contribution in [-0.2, 0) is 11.2 Å². The molecule has 1 aromatic rings. The number of hydrogen-bond acceptors (Lipinski definition) is 2. The molecule has 1 fully saturated rings. The number of benzene rings is 1. The molecule has 19 heavy (non-hydrogen) atoms. The van der Waals surface area contributed by atoms with E-state index in [1.165, 1.54) is 11.1 Å². The van der Waals surface area contributed by atoms with E-state index < -0.39 is 5.97 Å². The SMILES string of the molecule is O=C(O)C1CCCC1CNCC1Cc2ccccc21. The van der Waals surface area contributed by atoms with E-state index in [4.69, 9.17) is 5.11 Å². The summed E-state index contributed by atoms with van der Waals surface area (Å²) in [7, 11) is 0. The fraction of sp³-hybridized carbons (Fsp3) is 0.562. The molecule has 1 saturated carbocycles. The third-order valence-electron chi connectivity index (χ3n) is 4.73. The zero-order valence-electron chi connectivity index (χ0n) is 11.1. The number of aliphatic carboxylic acids is 1. The molecule has 2 aliphatic carbocycles. The summed E-state index contributed by atoms with van der Waals surface area (Å²) in [6.07, 6.45) is 4.14. The summed E-state index contributed by atoms with van der Waals surface area (Å²) >= 11 is 0. The predicted molar refractivity (Wildman–Crippen MR) is 74.2 cm³/mol. The Bertz CT molecular complexity index is 472. The summed E-state index contributed by atoms with van der Waals surface area (Å²) in [6, 6.07) is 8.60. The fourth-order valence-corrected chi connectivity index (χ4v) is 3.59. The standard InChI is InChI=1S/C16H21NO2/c18-16(19)15-7-3-5-12(15)9-17-10-13-8-11-4-1-2-6-14(11)13/h1-2,4,6,12-13,15,17H,3,5,7-10H2,(H,18,19). The van der Waals surface area contributed by atoms with Crippen molar-refractivity contribution in [2.75, 3.05) is 13.1 Å². The average molecular weight is 259 g/mol. The Balaban J connectivity index is 1.46. The fourth-order valence-electron chi connectivity index (χ4n) is 3.59. The highest BCUT2D eigenvalue weighted by atomic mass is 16.4. The Hall–Kier alpha value is -1.35. The van der Waals surface area contributed by atoms with Crippen molar-refractivity contribution < 1.29 is 9.90 Å². The van der Waals surface area contributed by atoms with Crippen molar-refractivity contribution in [3.8, 4) is 0 Å². The Morgan fingerprint density at radius 1 is 1.26 bits per heavy atom. The molecule has 0 saturated heterocycles. The van der Waals surface area contributed by atoms with Crippen LogP contribution in [0.5, 0.6) is 0 Å². The lowest BCUT2D eigenvalue weighted by Crippen LogP contribution is -2.34. The van der Waals surface area contributed by atoms with Crippen molar-refractivity contribution in [2.45, 2.75) is 31.6 Å². The highest BCUT2D eigenvalue weighted by molar-refractivity contribution is 5.70. The highest BCUT2D eigenvalue weighted by Crippen LogP contribution is 2.35. The van der Waals surface area contributed by atoms with Gasteiger partial charge in [-0.25, -0.2) is 0 Å². The first-order chi connectivity index (χ1) is 9.25. The lowest BCUT2D eigenvalue weighted by atomic mass is 9.77. The maximum absolute atomic E-state index is 11.1. The maximum atomic E-state index is 11.1. The molecule has 0 aromatic heterocycles. The Morgan fingerprint density at radius 2 is 2.11 bits per heavy atom. The lowest BCUT2D eigenvalue weighted by molar-refractivity contribution is -0.142. The zero-order valence-corrected chi connectivity index (χ0v) is 11.1. The van der Waals surface area contributed by atoms with Crippen LogP contribution in [0.3, 0.4) is 0 Å². The van der Waals surface area contributed by atoms with E-state index in [-0.39, 0.29) is 5.92 Å². The largest absolute Gasteiger partial charge is 0.481 e. The molecule has 3 rings (SSSR count). The first-order valence-corrected chi connectivity index (χ1v) is 7.27. The third kappa shape index (κ3) is 2.52. The second-order valence-corrected chi connectivity index (χ2v) is 5.89. The zero-order chi connectivity index (χ0) is 13.2. The molecule has 0 bridgehead atoms. The van der Waals surface area contributed by atoms with Crippen LogP contribution in [0.4, 0.5) is 0 Å². The number of fused-ring (bicyclic) bond motifs is 1. The number of hydrogen-bond donors (Lipinski definition) is 2. The lowest BCUT2D eigenvalue weighted by Gasteiger charge is -2.31. The van der Waals surface area contributed by atoms with Crippen LogP contribution in [-0.4, -0.2) is 24.2 Å². The van der Waals surface area contributed by atoms with Gasteiger partial charge in [-0.2, -0.15) is 0 Å². The number of carbonyl (C=O) groups is 1. The predicted octanol–water partition coefficient (Wildman–Crippen LogP) is 2.42. The van der Waals surface area contributed by atoms with E-state index >= 15 is 0 Å². The number of rotatable bonds is 5. The molecule has 0 heterocycles. The summed E-state index contributed by atoms with van der Waals surface area (Å²) in [5, 5.41) is 12.6. The Morgan fingerprint density at radius 3 is 2.89 bits per heavy atom. The molecule has 0 aliphatic heterocycles. The number of carboxylic acids is 1. The Kier molecular flexibility index (Phi) is 3.56. The van der Waals surface area contributed by atoms with E-state index in [9.17, 15) is 4.79 Å². The van der Waals surface area contributed by atoms with Crippen LogP contribution in [0.15, 0.2) is 24.3 Å². The molecular formula is C16H21NO2. The molecule has 3 nitrogen and oxygen atoms in total. The average Bonchev–Trinajstić information content (AvgIpc) is 2.83. The van der Waals surface area contributed by atoms with Gasteiger partial charge >= 0.3 is 5.97 Å². The van der Waals surface area contributed by atoms with Gasteiger partial charge in [0.15, 0.2) is 0 Å². The van der Waals surface area contributed by atoms with Gasteiger partial charge in [-0.3, -0.25) is 4.79 Å². The molecule has 3 unspecified atom stereocenters. The molecule has 0 amide bonds. The van der Waals surface area contributed by atoms with Crippen molar-refractivity contribution in [1.82, 2.24) is 5.32 Å².